The van der Waals surface area contributed by atoms with Gasteiger partial charge in [-0.2, -0.15) is 0 Å². The Bertz CT molecular complexity index is 508. The van der Waals surface area contributed by atoms with Gasteiger partial charge in [0, 0.05) is 12.7 Å². The van der Waals surface area contributed by atoms with Crippen LogP contribution in [0.4, 0.5) is 5.69 Å². The average Bonchev–Trinajstić information content (AvgIpc) is 2.49. The van der Waals surface area contributed by atoms with Gasteiger partial charge >= 0.3 is 5.97 Å². The smallest absolute Gasteiger partial charge is 0.309 e. The monoisotopic (exact) mass is 290 g/mol. The van der Waals surface area contributed by atoms with Gasteiger partial charge in [-0.3, -0.25) is 14.5 Å². The lowest BCUT2D eigenvalue weighted by molar-refractivity contribution is -0.150. The molecule has 0 unspecified atom stereocenters. The summed E-state index contributed by atoms with van der Waals surface area (Å²) in [5, 5.41) is 9.21. The maximum Gasteiger partial charge on any atom is 0.309 e. The normalized spacial score (nSPS) is 18.2. The van der Waals surface area contributed by atoms with E-state index in [4.69, 9.17) is 0 Å². The molecule has 5 nitrogen and oxygen atoms in total. The van der Waals surface area contributed by atoms with Gasteiger partial charge in [-0.1, -0.05) is 18.2 Å². The first-order valence-electron chi connectivity index (χ1n) is 7.20. The molecule has 1 fully saturated rings. The molecule has 1 aromatic carbocycles. The number of para-hydroxylation sites is 1. The molecule has 21 heavy (non-hydrogen) atoms. The molecular weight excluding hydrogens is 268 g/mol. The van der Waals surface area contributed by atoms with Crippen LogP contribution < -0.4 is 4.90 Å². The van der Waals surface area contributed by atoms with E-state index in [1.807, 2.05) is 35.2 Å². The Morgan fingerprint density at radius 3 is 2.33 bits per heavy atom. The van der Waals surface area contributed by atoms with Crippen molar-refractivity contribution in [1.82, 2.24) is 4.90 Å². The van der Waals surface area contributed by atoms with E-state index in [1.165, 1.54) is 0 Å². The Morgan fingerprint density at radius 2 is 1.81 bits per heavy atom. The number of carboxylic acids is 1. The van der Waals surface area contributed by atoms with Crippen LogP contribution in [0.3, 0.4) is 0 Å². The number of aliphatic carboxylic acids is 1. The van der Waals surface area contributed by atoms with Crippen molar-refractivity contribution in [3.05, 3.63) is 30.3 Å². The van der Waals surface area contributed by atoms with Gasteiger partial charge in [0.15, 0.2) is 0 Å². The van der Waals surface area contributed by atoms with Crippen molar-refractivity contribution in [2.24, 2.45) is 5.41 Å². The fourth-order valence-electron chi connectivity index (χ4n) is 2.51. The number of benzene rings is 1. The molecule has 1 N–H and O–H groups in total. The average molecular weight is 290 g/mol. The first-order chi connectivity index (χ1) is 9.92. The van der Waals surface area contributed by atoms with E-state index in [-0.39, 0.29) is 5.91 Å². The van der Waals surface area contributed by atoms with Crippen LogP contribution >= 0.6 is 0 Å². The Balaban J connectivity index is 1.89. The van der Waals surface area contributed by atoms with Crippen molar-refractivity contribution in [1.29, 1.82) is 0 Å². The number of rotatable bonds is 4. The summed E-state index contributed by atoms with van der Waals surface area (Å²) < 4.78 is 0. The number of anilines is 1. The van der Waals surface area contributed by atoms with E-state index >= 15 is 0 Å². The first kappa shape index (κ1) is 15.5. The number of carbonyl (C=O) groups excluding carboxylic acids is 1. The maximum absolute atomic E-state index is 12.3. The standard InChI is InChI=1S/C16H22N2O3/c1-16(15(20)21)8-10-18(11-9-16)12-14(19)17(2)13-6-4-3-5-7-13/h3-7H,8-12H2,1-2H3,(H,20,21). The highest BCUT2D eigenvalue weighted by molar-refractivity contribution is 5.94. The molecule has 1 aromatic rings. The summed E-state index contributed by atoms with van der Waals surface area (Å²) in [6.07, 6.45) is 1.18. The van der Waals surface area contributed by atoms with Crippen LogP contribution in [0.15, 0.2) is 30.3 Å². The van der Waals surface area contributed by atoms with E-state index in [9.17, 15) is 14.7 Å². The molecule has 1 aliphatic heterocycles. The molecule has 0 aliphatic carbocycles. The fourth-order valence-corrected chi connectivity index (χ4v) is 2.51. The molecule has 1 amide bonds. The molecule has 0 radical (unpaired) electrons. The highest BCUT2D eigenvalue weighted by atomic mass is 16.4. The molecule has 114 valence electrons. The van der Waals surface area contributed by atoms with Gasteiger partial charge in [-0.25, -0.2) is 0 Å². The summed E-state index contributed by atoms with van der Waals surface area (Å²) in [4.78, 5) is 27.2. The quantitative estimate of drug-likeness (QED) is 0.919. The third kappa shape index (κ3) is 3.61. The second-order valence-corrected chi connectivity index (χ2v) is 5.93. The minimum Gasteiger partial charge on any atom is -0.481 e. The van der Waals surface area contributed by atoms with Crippen molar-refractivity contribution in [3.8, 4) is 0 Å². The lowest BCUT2D eigenvalue weighted by Crippen LogP contribution is -2.46. The van der Waals surface area contributed by atoms with Gasteiger partial charge in [-0.05, 0) is 45.0 Å². The lowest BCUT2D eigenvalue weighted by Gasteiger charge is -2.36. The van der Waals surface area contributed by atoms with Crippen LogP contribution in [0.5, 0.6) is 0 Å². The highest BCUT2D eigenvalue weighted by Crippen LogP contribution is 2.30. The number of likely N-dealkylation sites (N-methyl/N-ethyl adjacent to an activating group) is 1. The third-order valence-corrected chi connectivity index (χ3v) is 4.35. The van der Waals surface area contributed by atoms with Gasteiger partial charge in [0.2, 0.25) is 5.91 Å². The highest BCUT2D eigenvalue weighted by Gasteiger charge is 2.37. The van der Waals surface area contributed by atoms with Crippen molar-refractivity contribution < 1.29 is 14.7 Å². The summed E-state index contributed by atoms with van der Waals surface area (Å²) in [5.41, 5.74) is 0.222. The topological polar surface area (TPSA) is 60.9 Å². The van der Waals surface area contributed by atoms with E-state index in [1.54, 1.807) is 18.9 Å². The van der Waals surface area contributed by atoms with E-state index in [2.05, 4.69) is 0 Å². The molecule has 0 bridgehead atoms. The zero-order valence-corrected chi connectivity index (χ0v) is 12.6. The predicted octanol–water partition coefficient (Wildman–Crippen LogP) is 1.84. The van der Waals surface area contributed by atoms with Crippen molar-refractivity contribution in [3.63, 3.8) is 0 Å². The first-order valence-corrected chi connectivity index (χ1v) is 7.20. The van der Waals surface area contributed by atoms with Crippen LogP contribution in [0.1, 0.15) is 19.8 Å². The molecule has 0 atom stereocenters. The number of piperidine rings is 1. The Labute approximate surface area is 125 Å². The van der Waals surface area contributed by atoms with Crippen molar-refractivity contribution in [2.45, 2.75) is 19.8 Å². The van der Waals surface area contributed by atoms with Crippen molar-refractivity contribution in [2.75, 3.05) is 31.6 Å². The summed E-state index contributed by atoms with van der Waals surface area (Å²) in [6, 6.07) is 9.51. The molecule has 1 heterocycles. The summed E-state index contributed by atoms with van der Waals surface area (Å²) in [5.74, 6) is -0.713. The number of hydrogen-bond donors (Lipinski definition) is 1. The third-order valence-electron chi connectivity index (χ3n) is 4.35. The number of likely N-dealkylation sites (tertiary alicyclic amines) is 1. The second kappa shape index (κ2) is 6.26. The molecule has 0 spiro atoms. The molecule has 0 aromatic heterocycles. The maximum atomic E-state index is 12.3. The molecule has 1 aliphatic rings. The number of carboxylic acid groups (broad SMARTS) is 1. The Morgan fingerprint density at radius 1 is 1.24 bits per heavy atom. The van der Waals surface area contributed by atoms with Gasteiger partial charge in [0.25, 0.3) is 0 Å². The lowest BCUT2D eigenvalue weighted by atomic mass is 9.80. The van der Waals surface area contributed by atoms with E-state index in [0.717, 1.165) is 5.69 Å². The van der Waals surface area contributed by atoms with Crippen LogP contribution in [-0.2, 0) is 9.59 Å². The largest absolute Gasteiger partial charge is 0.481 e. The van der Waals surface area contributed by atoms with Crippen LogP contribution in [0.25, 0.3) is 0 Å². The molecule has 0 saturated carbocycles. The summed E-state index contributed by atoms with van der Waals surface area (Å²) >= 11 is 0. The fraction of sp³-hybridized carbons (Fsp3) is 0.500. The zero-order valence-electron chi connectivity index (χ0n) is 12.6. The van der Waals surface area contributed by atoms with Gasteiger partial charge < -0.3 is 10.0 Å². The van der Waals surface area contributed by atoms with Gasteiger partial charge in [0.05, 0.1) is 12.0 Å². The molecule has 2 rings (SSSR count). The number of hydrogen-bond acceptors (Lipinski definition) is 3. The molecule has 1 saturated heterocycles. The summed E-state index contributed by atoms with van der Waals surface area (Å²) in [6.45, 7) is 3.42. The molecular formula is C16H22N2O3. The SMILES string of the molecule is CN(C(=O)CN1CCC(C)(C(=O)O)CC1)c1ccccc1. The minimum absolute atomic E-state index is 0.0279. The summed E-state index contributed by atoms with van der Waals surface area (Å²) in [7, 11) is 1.77. The Hall–Kier alpha value is -1.88. The second-order valence-electron chi connectivity index (χ2n) is 5.93. The van der Waals surface area contributed by atoms with Crippen LogP contribution in [0, 0.1) is 5.41 Å². The van der Waals surface area contributed by atoms with Gasteiger partial charge in [-0.15, -0.1) is 0 Å². The number of nitrogens with zero attached hydrogens (tertiary/aromatic N) is 2. The Kier molecular flexibility index (Phi) is 4.63. The van der Waals surface area contributed by atoms with E-state index in [0.29, 0.717) is 32.5 Å². The number of amides is 1. The van der Waals surface area contributed by atoms with Crippen LogP contribution in [0.2, 0.25) is 0 Å². The predicted molar refractivity (Wildman–Crippen MR) is 81.3 cm³/mol. The zero-order chi connectivity index (χ0) is 15.5. The van der Waals surface area contributed by atoms with Gasteiger partial charge in [0.1, 0.15) is 0 Å². The van der Waals surface area contributed by atoms with Crippen LogP contribution in [-0.4, -0.2) is 48.6 Å². The van der Waals surface area contributed by atoms with Crippen molar-refractivity contribution >= 4 is 17.6 Å². The minimum atomic E-state index is -0.741. The van der Waals surface area contributed by atoms with E-state index < -0.39 is 11.4 Å². The number of carbonyl (C=O) groups is 2. The molecule has 5 heteroatoms.